The van der Waals surface area contributed by atoms with Crippen LogP contribution in [-0.2, 0) is 0 Å². The molecule has 0 aliphatic heterocycles. The number of hydrogen-bond acceptors (Lipinski definition) is 0. The molecule has 75 valence electrons. The molecule has 0 atom stereocenters. The zero-order chi connectivity index (χ0) is 10.2. The van der Waals surface area contributed by atoms with Crippen molar-refractivity contribution in [2.45, 2.75) is 32.7 Å². The molecule has 1 radical (unpaired) electrons. The van der Waals surface area contributed by atoms with Gasteiger partial charge in [-0.1, -0.05) is 73.6 Å². The molecule has 0 aromatic heterocycles. The minimum Gasteiger partial charge on any atom is -0.0957 e. The Labute approximate surface area is 89.3 Å². The van der Waals surface area contributed by atoms with Gasteiger partial charge in [-0.05, 0) is 6.42 Å². The van der Waals surface area contributed by atoms with Crippen LogP contribution in [-0.4, -0.2) is 8.80 Å². The first kappa shape index (κ1) is 11.3. The molecule has 0 spiro atoms. The van der Waals surface area contributed by atoms with Gasteiger partial charge in [0.25, 0.3) is 0 Å². The molecule has 1 heteroatoms. The van der Waals surface area contributed by atoms with Gasteiger partial charge in [-0.2, -0.15) is 0 Å². The maximum atomic E-state index is 2.41. The maximum absolute atomic E-state index is 2.41. The van der Waals surface area contributed by atoms with Gasteiger partial charge in [0.05, 0.1) is 0 Å². The molecule has 0 N–H and O–H groups in total. The van der Waals surface area contributed by atoms with Gasteiger partial charge in [0.2, 0.25) is 0 Å². The lowest BCUT2D eigenvalue weighted by molar-refractivity contribution is 0.815. The highest BCUT2D eigenvalue weighted by molar-refractivity contribution is 6.76. The summed E-state index contributed by atoms with van der Waals surface area (Å²) in [6.07, 6.45) is 6.21. The van der Waals surface area contributed by atoms with Gasteiger partial charge in [0.15, 0.2) is 0 Å². The lowest BCUT2D eigenvalue weighted by Gasteiger charge is -2.03. The van der Waals surface area contributed by atoms with Gasteiger partial charge in [-0.15, -0.1) is 0 Å². The normalized spacial score (nSPS) is 11.4. The average molecular weight is 203 g/mol. The topological polar surface area (TPSA) is 0 Å². The fourth-order valence-corrected chi connectivity index (χ4v) is 2.81. The van der Waals surface area contributed by atoms with Gasteiger partial charge in [-0.25, -0.2) is 0 Å². The van der Waals surface area contributed by atoms with Crippen LogP contribution >= 0.6 is 0 Å². The molecule has 0 aliphatic carbocycles. The summed E-state index contributed by atoms with van der Waals surface area (Å²) in [5.74, 6) is 0. The number of benzene rings is 1. The Bertz CT molecular complexity index is 264. The minimum atomic E-state index is -0.428. The highest BCUT2D eigenvalue weighted by atomic mass is 28.3. The Hall–Kier alpha value is -0.823. The molecular formula is C13H19Si. The Morgan fingerprint density at radius 1 is 1.21 bits per heavy atom. The van der Waals surface area contributed by atoms with Crippen molar-refractivity contribution in [3.63, 3.8) is 0 Å². The van der Waals surface area contributed by atoms with Crippen LogP contribution in [0.2, 0.25) is 6.55 Å². The molecule has 0 bridgehead atoms. The molecule has 0 unspecified atom stereocenters. The van der Waals surface area contributed by atoms with Gasteiger partial charge < -0.3 is 0 Å². The smallest absolute Gasteiger partial charge is 0.0957 e. The second-order valence-corrected chi connectivity index (χ2v) is 5.87. The van der Waals surface area contributed by atoms with E-state index in [1.165, 1.54) is 24.4 Å². The number of rotatable bonds is 5. The molecule has 0 aliphatic rings. The third-order valence-electron chi connectivity index (χ3n) is 2.32. The van der Waals surface area contributed by atoms with E-state index in [-0.39, 0.29) is 0 Å². The third-order valence-corrected chi connectivity index (χ3v) is 4.30. The Morgan fingerprint density at radius 2 is 1.93 bits per heavy atom. The summed E-state index contributed by atoms with van der Waals surface area (Å²) < 4.78 is 0. The van der Waals surface area contributed by atoms with E-state index < -0.39 is 8.80 Å². The van der Waals surface area contributed by atoms with Crippen molar-refractivity contribution in [2.75, 3.05) is 0 Å². The molecule has 0 saturated carbocycles. The van der Waals surface area contributed by atoms with Crippen LogP contribution in [0, 0.1) is 0 Å². The monoisotopic (exact) mass is 203 g/mol. The molecule has 1 rings (SSSR count). The van der Waals surface area contributed by atoms with E-state index >= 15 is 0 Å². The predicted molar refractivity (Wildman–Crippen MR) is 66.4 cm³/mol. The van der Waals surface area contributed by atoms with Gasteiger partial charge >= 0.3 is 0 Å². The van der Waals surface area contributed by atoms with E-state index in [4.69, 9.17) is 0 Å². The van der Waals surface area contributed by atoms with Crippen LogP contribution in [0.4, 0.5) is 0 Å². The Kier molecular flexibility index (Phi) is 5.31. The summed E-state index contributed by atoms with van der Waals surface area (Å²) in [5.41, 5.74) is 2.41. The van der Waals surface area contributed by atoms with Gasteiger partial charge in [-0.3, -0.25) is 0 Å². The SMILES string of the molecule is CCCC/C=C/[Si](C)c1ccccc1. The van der Waals surface area contributed by atoms with Crippen LogP contribution in [0.3, 0.4) is 0 Å². The maximum Gasteiger partial charge on any atom is 0.109 e. The predicted octanol–water partition coefficient (Wildman–Crippen LogP) is 3.30. The second kappa shape index (κ2) is 6.60. The fraction of sp³-hybridized carbons (Fsp3) is 0.385. The third kappa shape index (κ3) is 3.92. The van der Waals surface area contributed by atoms with E-state index in [9.17, 15) is 0 Å². The molecule has 0 fully saturated rings. The Morgan fingerprint density at radius 3 is 2.57 bits per heavy atom. The summed E-state index contributed by atoms with van der Waals surface area (Å²) >= 11 is 0. The van der Waals surface area contributed by atoms with Crippen molar-refractivity contribution in [1.29, 1.82) is 0 Å². The molecule has 0 nitrogen and oxygen atoms in total. The van der Waals surface area contributed by atoms with E-state index in [2.05, 4.69) is 55.6 Å². The average Bonchev–Trinajstić information content (AvgIpc) is 2.25. The summed E-state index contributed by atoms with van der Waals surface area (Å²) in [6.45, 7) is 4.59. The summed E-state index contributed by atoms with van der Waals surface area (Å²) in [4.78, 5) is 0. The van der Waals surface area contributed by atoms with Crippen LogP contribution in [0.25, 0.3) is 0 Å². The van der Waals surface area contributed by atoms with Crippen molar-refractivity contribution in [3.05, 3.63) is 42.1 Å². The summed E-state index contributed by atoms with van der Waals surface area (Å²) in [6, 6.07) is 10.8. The molecule has 0 heterocycles. The van der Waals surface area contributed by atoms with Crippen molar-refractivity contribution in [2.24, 2.45) is 0 Å². The van der Waals surface area contributed by atoms with Crippen molar-refractivity contribution >= 4 is 14.0 Å². The fourth-order valence-electron chi connectivity index (χ4n) is 1.38. The lowest BCUT2D eigenvalue weighted by atomic mass is 10.2. The number of hydrogen-bond donors (Lipinski definition) is 0. The molecule has 1 aromatic carbocycles. The van der Waals surface area contributed by atoms with E-state index in [1.807, 2.05) is 0 Å². The van der Waals surface area contributed by atoms with Gasteiger partial charge in [0, 0.05) is 0 Å². The van der Waals surface area contributed by atoms with Crippen LogP contribution < -0.4 is 5.19 Å². The van der Waals surface area contributed by atoms with Crippen LogP contribution in [0.1, 0.15) is 26.2 Å². The molecule has 14 heavy (non-hydrogen) atoms. The van der Waals surface area contributed by atoms with E-state index in [1.54, 1.807) is 0 Å². The van der Waals surface area contributed by atoms with E-state index in [0.29, 0.717) is 0 Å². The van der Waals surface area contributed by atoms with Crippen molar-refractivity contribution in [3.8, 4) is 0 Å². The van der Waals surface area contributed by atoms with E-state index in [0.717, 1.165) is 0 Å². The quantitative estimate of drug-likeness (QED) is 0.509. The minimum absolute atomic E-state index is 0.428. The molecule has 0 amide bonds. The highest BCUT2D eigenvalue weighted by Gasteiger charge is 2.00. The number of allylic oxidation sites excluding steroid dienone is 1. The van der Waals surface area contributed by atoms with Crippen molar-refractivity contribution in [1.82, 2.24) is 0 Å². The first-order chi connectivity index (χ1) is 6.84. The first-order valence-electron chi connectivity index (χ1n) is 5.40. The largest absolute Gasteiger partial charge is 0.109 e. The lowest BCUT2D eigenvalue weighted by Crippen LogP contribution is -2.23. The summed E-state index contributed by atoms with van der Waals surface area (Å²) in [7, 11) is -0.428. The number of unbranched alkanes of at least 4 members (excludes halogenated alkanes) is 2. The Balaban J connectivity index is 2.42. The zero-order valence-electron chi connectivity index (χ0n) is 9.16. The van der Waals surface area contributed by atoms with Crippen LogP contribution in [0.15, 0.2) is 42.1 Å². The van der Waals surface area contributed by atoms with Crippen LogP contribution in [0.5, 0.6) is 0 Å². The molecular weight excluding hydrogens is 184 g/mol. The highest BCUT2D eigenvalue weighted by Crippen LogP contribution is 1.97. The first-order valence-corrected chi connectivity index (χ1v) is 7.48. The molecule has 0 saturated heterocycles. The zero-order valence-corrected chi connectivity index (χ0v) is 10.2. The van der Waals surface area contributed by atoms with Gasteiger partial charge in [0.1, 0.15) is 8.80 Å². The second-order valence-electron chi connectivity index (χ2n) is 3.59. The standard InChI is InChI=1S/C13H19Si/c1-3-4-5-9-12-14(2)13-10-7-6-8-11-13/h6-12H,3-5H2,1-2H3/b12-9+. The van der Waals surface area contributed by atoms with Crippen molar-refractivity contribution < 1.29 is 0 Å². The summed E-state index contributed by atoms with van der Waals surface area (Å²) in [5, 5.41) is 1.50. The molecule has 1 aromatic rings.